The van der Waals surface area contributed by atoms with Crippen molar-refractivity contribution < 1.29 is 33.5 Å². The molecule has 0 saturated carbocycles. The second-order valence-corrected chi connectivity index (χ2v) is 13.9. The van der Waals surface area contributed by atoms with Crippen LogP contribution < -0.4 is 10.1 Å². The summed E-state index contributed by atoms with van der Waals surface area (Å²) in [5.74, 6) is -1.62. The first kappa shape index (κ1) is 36.7. The lowest BCUT2D eigenvalue weighted by Gasteiger charge is -2.35. The van der Waals surface area contributed by atoms with E-state index in [-0.39, 0.29) is 30.5 Å². The van der Waals surface area contributed by atoms with E-state index in [1.807, 2.05) is 62.4 Å². The first-order chi connectivity index (χ1) is 24.3. The Hall–Kier alpha value is -5.58. The maximum atomic E-state index is 14.5. The Morgan fingerprint density at radius 3 is 2.35 bits per heavy atom. The average Bonchev–Trinajstić information content (AvgIpc) is 3.62. The summed E-state index contributed by atoms with van der Waals surface area (Å²) < 4.78 is 11.2. The highest BCUT2D eigenvalue weighted by atomic mass is 16.7. The largest absolute Gasteiger partial charge is 0.486 e. The van der Waals surface area contributed by atoms with Gasteiger partial charge in [-0.2, -0.15) is 0 Å². The van der Waals surface area contributed by atoms with Crippen molar-refractivity contribution >= 4 is 40.7 Å². The third kappa shape index (κ3) is 8.78. The molecule has 1 N–H and O–H groups in total. The fourth-order valence-electron chi connectivity index (χ4n) is 5.98. The van der Waals surface area contributed by atoms with Crippen LogP contribution in [0.4, 0.5) is 0 Å². The molecule has 1 aliphatic heterocycles. The Morgan fingerprint density at radius 2 is 1.67 bits per heavy atom. The molecule has 5 rings (SSSR count). The Kier molecular flexibility index (Phi) is 11.2. The number of Topliss-reactive ketones (excluding diaryl/α,β-unsaturated/α-hetero) is 1. The minimum absolute atomic E-state index is 0.0415. The lowest BCUT2D eigenvalue weighted by atomic mass is 9.85. The summed E-state index contributed by atoms with van der Waals surface area (Å²) in [4.78, 5) is 66.4. The van der Waals surface area contributed by atoms with Crippen molar-refractivity contribution in [2.75, 3.05) is 13.7 Å². The first-order valence-electron chi connectivity index (χ1n) is 16.9. The minimum Gasteiger partial charge on any atom is -0.486 e. The van der Waals surface area contributed by atoms with E-state index < -0.39 is 47.4 Å². The molecule has 0 bridgehead atoms. The number of fused-ring (bicyclic) bond motifs is 1. The number of benzene rings is 3. The van der Waals surface area contributed by atoms with Crippen molar-refractivity contribution in [2.45, 2.75) is 70.7 Å². The number of nitrogens with zero attached hydrogens (tertiary/aromatic N) is 3. The number of hydrogen-bond donors (Lipinski definition) is 1. The van der Waals surface area contributed by atoms with Crippen molar-refractivity contribution in [2.24, 2.45) is 11.1 Å². The molecule has 266 valence electrons. The second-order valence-electron chi connectivity index (χ2n) is 13.9. The number of likely N-dealkylation sites (N-methyl/N-ethyl adjacent to an activating group) is 1. The minimum atomic E-state index is -1.64. The van der Waals surface area contributed by atoms with Crippen molar-refractivity contribution in [3.05, 3.63) is 108 Å². The number of esters is 1. The van der Waals surface area contributed by atoms with Gasteiger partial charge in [0.25, 0.3) is 11.8 Å². The highest BCUT2D eigenvalue weighted by molar-refractivity contribution is 5.97. The SMILES string of the molecule is CC(C)[C@H](NC(=O)c1ccc2ccccc2n1)c1cccc(C2(C(=O)N(C)[C@@H](CC(=O)OC(C)(C)C)C(=O)COc3ccccc3)CC=NO2)c1. The van der Waals surface area contributed by atoms with Gasteiger partial charge in [0.2, 0.25) is 5.60 Å². The van der Waals surface area contributed by atoms with Crippen LogP contribution in [0.1, 0.15) is 75.1 Å². The van der Waals surface area contributed by atoms with Gasteiger partial charge in [0.05, 0.1) is 18.0 Å². The van der Waals surface area contributed by atoms with E-state index in [1.165, 1.54) is 18.2 Å². The summed E-state index contributed by atoms with van der Waals surface area (Å²) in [6, 6.07) is 25.5. The van der Waals surface area contributed by atoms with E-state index in [1.54, 1.807) is 63.2 Å². The highest BCUT2D eigenvalue weighted by Gasteiger charge is 2.49. The number of carbonyl (C=O) groups excluding carboxylic acids is 4. The Labute approximate surface area is 298 Å². The number of rotatable bonds is 13. The molecule has 1 aromatic heterocycles. The zero-order valence-electron chi connectivity index (χ0n) is 29.8. The fourth-order valence-corrected chi connectivity index (χ4v) is 5.98. The van der Waals surface area contributed by atoms with Gasteiger partial charge in [0.15, 0.2) is 5.78 Å². The van der Waals surface area contributed by atoms with Crippen molar-refractivity contribution in [1.82, 2.24) is 15.2 Å². The molecule has 0 aliphatic carbocycles. The molecule has 1 unspecified atom stereocenters. The van der Waals surface area contributed by atoms with Crippen molar-refractivity contribution in [3.63, 3.8) is 0 Å². The molecule has 0 fully saturated rings. The number of ketones is 1. The fraction of sp³-hybridized carbons (Fsp3) is 0.350. The maximum Gasteiger partial charge on any atom is 0.308 e. The molecule has 0 radical (unpaired) electrons. The molecule has 0 spiro atoms. The van der Waals surface area contributed by atoms with Crippen LogP contribution >= 0.6 is 0 Å². The molecule has 0 saturated heterocycles. The van der Waals surface area contributed by atoms with Crippen LogP contribution in [0, 0.1) is 5.92 Å². The van der Waals surface area contributed by atoms with Crippen LogP contribution in [-0.4, -0.2) is 65.0 Å². The molecule has 4 aromatic rings. The van der Waals surface area contributed by atoms with Gasteiger partial charge in [0.1, 0.15) is 29.7 Å². The van der Waals surface area contributed by atoms with Gasteiger partial charge in [-0.3, -0.25) is 19.2 Å². The monoisotopic (exact) mass is 692 g/mol. The van der Waals surface area contributed by atoms with Gasteiger partial charge in [-0.05, 0) is 62.6 Å². The predicted octanol–water partition coefficient (Wildman–Crippen LogP) is 6.17. The normalized spacial score (nSPS) is 16.6. The molecule has 3 atom stereocenters. The number of pyridine rings is 1. The average molecular weight is 693 g/mol. The lowest BCUT2D eigenvalue weighted by molar-refractivity contribution is -0.164. The number of oxime groups is 1. The molecule has 1 aliphatic rings. The van der Waals surface area contributed by atoms with E-state index in [4.69, 9.17) is 14.3 Å². The van der Waals surface area contributed by atoms with Gasteiger partial charge in [-0.25, -0.2) is 4.98 Å². The number of nitrogens with one attached hydrogen (secondary N) is 1. The van der Waals surface area contributed by atoms with Crippen LogP contribution in [0.25, 0.3) is 10.9 Å². The zero-order chi connectivity index (χ0) is 36.8. The summed E-state index contributed by atoms with van der Waals surface area (Å²) in [6.45, 7) is 8.78. The van der Waals surface area contributed by atoms with E-state index in [0.29, 0.717) is 16.8 Å². The maximum absolute atomic E-state index is 14.5. The standard InChI is InChI=1S/C40H44N4O7/c1-26(2)36(43-37(47)32-20-19-27-13-10-11-18-31(27)42-32)28-14-12-15-29(23-28)40(21-22-41-51-40)38(48)44(6)33(24-35(46)50-39(3,4)5)34(45)25-49-30-16-8-7-9-17-30/h7-20,22-23,26,33,36H,21,24-25H2,1-6H3,(H,43,47)/t33-,36-,40?/m0/s1. The van der Waals surface area contributed by atoms with Crippen LogP contribution in [0.3, 0.4) is 0 Å². The number of carbonyl (C=O) groups is 4. The Balaban J connectivity index is 1.42. The summed E-state index contributed by atoms with van der Waals surface area (Å²) in [5, 5.41) is 8.03. The van der Waals surface area contributed by atoms with Crippen LogP contribution in [0.15, 0.2) is 96.2 Å². The summed E-state index contributed by atoms with van der Waals surface area (Å²) >= 11 is 0. The number of aromatic nitrogens is 1. The molecule has 11 heteroatoms. The Morgan fingerprint density at radius 1 is 0.941 bits per heavy atom. The third-order valence-corrected chi connectivity index (χ3v) is 8.57. The highest BCUT2D eigenvalue weighted by Crippen LogP contribution is 2.37. The van der Waals surface area contributed by atoms with Crippen molar-refractivity contribution in [3.8, 4) is 5.75 Å². The number of ether oxygens (including phenoxy) is 2. The van der Waals surface area contributed by atoms with Gasteiger partial charge < -0.3 is 24.5 Å². The van der Waals surface area contributed by atoms with E-state index >= 15 is 0 Å². The van der Waals surface area contributed by atoms with E-state index in [2.05, 4.69) is 15.5 Å². The van der Waals surface area contributed by atoms with Gasteiger partial charge >= 0.3 is 5.97 Å². The van der Waals surface area contributed by atoms with E-state index in [0.717, 1.165) is 10.9 Å². The van der Waals surface area contributed by atoms with Gasteiger partial charge in [-0.15, -0.1) is 0 Å². The molecule has 2 heterocycles. The molecule has 2 amide bonds. The quantitative estimate of drug-likeness (QED) is 0.164. The number of para-hydroxylation sites is 2. The summed E-state index contributed by atoms with van der Waals surface area (Å²) in [5.41, 5.74) is -0.227. The second kappa shape index (κ2) is 15.5. The number of hydrogen-bond acceptors (Lipinski definition) is 9. The topological polar surface area (TPSA) is 136 Å². The molecular weight excluding hydrogens is 648 g/mol. The summed E-state index contributed by atoms with van der Waals surface area (Å²) in [7, 11) is 1.46. The molecular formula is C40H44N4O7. The van der Waals surface area contributed by atoms with Gasteiger partial charge in [-0.1, -0.05) is 79.7 Å². The van der Waals surface area contributed by atoms with Crippen LogP contribution in [-0.2, 0) is 29.6 Å². The van der Waals surface area contributed by atoms with Gasteiger partial charge in [0, 0.05) is 30.6 Å². The third-order valence-electron chi connectivity index (χ3n) is 8.57. The van der Waals surface area contributed by atoms with E-state index in [9.17, 15) is 19.2 Å². The zero-order valence-corrected chi connectivity index (χ0v) is 29.8. The Bertz CT molecular complexity index is 1910. The smallest absolute Gasteiger partial charge is 0.308 e. The molecule has 3 aromatic carbocycles. The summed E-state index contributed by atoms with van der Waals surface area (Å²) in [6.07, 6.45) is 1.18. The molecule has 11 nitrogen and oxygen atoms in total. The first-order valence-corrected chi connectivity index (χ1v) is 16.9. The molecule has 51 heavy (non-hydrogen) atoms. The number of amides is 2. The van der Waals surface area contributed by atoms with Crippen LogP contribution in [0.2, 0.25) is 0 Å². The predicted molar refractivity (Wildman–Crippen MR) is 193 cm³/mol. The van der Waals surface area contributed by atoms with Crippen LogP contribution in [0.5, 0.6) is 5.75 Å². The van der Waals surface area contributed by atoms with Crippen molar-refractivity contribution in [1.29, 1.82) is 0 Å². The lowest BCUT2D eigenvalue weighted by Crippen LogP contribution is -2.53.